The number of fused-ring (bicyclic) bond motifs is 4. The number of thiophene rings is 1. The van der Waals surface area contributed by atoms with Crippen LogP contribution in [0.1, 0.15) is 31.9 Å². The zero-order valence-electron chi connectivity index (χ0n) is 26.7. The molecule has 0 saturated heterocycles. The van der Waals surface area contributed by atoms with Crippen molar-refractivity contribution in [3.05, 3.63) is 157 Å². The molecule has 47 heavy (non-hydrogen) atoms. The topological polar surface area (TPSA) is 38.7 Å². The molecule has 0 fully saturated rings. The first-order valence-electron chi connectivity index (χ1n) is 15.9. The van der Waals surface area contributed by atoms with E-state index in [0.29, 0.717) is 17.5 Å². The molecule has 2 aromatic heterocycles. The minimum absolute atomic E-state index is 0.195. The van der Waals surface area contributed by atoms with Crippen LogP contribution in [0.15, 0.2) is 146 Å². The predicted octanol–water partition coefficient (Wildman–Crippen LogP) is 11.7. The van der Waals surface area contributed by atoms with Crippen molar-refractivity contribution in [2.75, 3.05) is 0 Å². The minimum Gasteiger partial charge on any atom is -0.208 e. The maximum atomic E-state index is 5.20. The molecule has 1 aliphatic carbocycles. The van der Waals surface area contributed by atoms with Crippen molar-refractivity contribution in [2.24, 2.45) is 0 Å². The number of hydrogen-bond acceptors (Lipinski definition) is 4. The van der Waals surface area contributed by atoms with Crippen LogP contribution in [0.4, 0.5) is 0 Å². The molecule has 0 N–H and O–H groups in total. The summed E-state index contributed by atoms with van der Waals surface area (Å²) in [7, 11) is 0. The fourth-order valence-corrected chi connectivity index (χ4v) is 8.30. The highest BCUT2D eigenvalue weighted by Crippen LogP contribution is 2.48. The van der Waals surface area contributed by atoms with Gasteiger partial charge in [-0.05, 0) is 52.5 Å². The fourth-order valence-electron chi connectivity index (χ4n) is 6.96. The van der Waals surface area contributed by atoms with Crippen LogP contribution in [0, 0.1) is 0 Å². The van der Waals surface area contributed by atoms with Gasteiger partial charge in [0.2, 0.25) is 0 Å². The lowest BCUT2D eigenvalue weighted by molar-refractivity contribution is 0.654. The number of hydrogen-bond donors (Lipinski definition) is 0. The normalized spacial score (nSPS) is 13.9. The summed E-state index contributed by atoms with van der Waals surface area (Å²) in [6, 6.07) is 40.5. The second kappa shape index (κ2) is 11.4. The summed E-state index contributed by atoms with van der Waals surface area (Å²) < 4.78 is 2.44. The number of aromatic nitrogens is 3. The maximum Gasteiger partial charge on any atom is 0.165 e. The first-order chi connectivity index (χ1) is 23.0. The lowest BCUT2D eigenvalue weighted by Crippen LogP contribution is -2.16. The quantitative estimate of drug-likeness (QED) is 0.185. The van der Waals surface area contributed by atoms with Crippen molar-refractivity contribution in [3.63, 3.8) is 0 Å². The summed E-state index contributed by atoms with van der Waals surface area (Å²) in [5.41, 5.74) is 10.1. The lowest BCUT2D eigenvalue weighted by atomic mass is 9.80. The average Bonchev–Trinajstić information content (AvgIpc) is 3.60. The van der Waals surface area contributed by atoms with Gasteiger partial charge in [0, 0.05) is 42.3 Å². The second-order valence-electron chi connectivity index (χ2n) is 12.4. The molecule has 0 bridgehead atoms. The molecular weight excluding hydrogens is 591 g/mol. The molecule has 0 atom stereocenters. The third kappa shape index (κ3) is 4.76. The molecule has 0 radical (unpaired) electrons. The van der Waals surface area contributed by atoms with E-state index in [4.69, 9.17) is 15.0 Å². The van der Waals surface area contributed by atoms with E-state index in [1.165, 1.54) is 53.6 Å². The standard InChI is InChI=1S/C43H33N3S/c1-5-15-31-32-25-24-29(26-37(32)43(3,4)36(31)6-2)41-44-40(28-18-11-8-12-19-28)45-42(46-41)35-23-14-22-34-33-21-13-20-30(38(33)47-39(34)35)27-16-9-7-10-17-27/h5-26H,2H2,1,3-4H3/b15-5-. The van der Waals surface area contributed by atoms with E-state index in [1.807, 2.05) is 35.6 Å². The van der Waals surface area contributed by atoms with Crippen LogP contribution in [-0.4, -0.2) is 15.0 Å². The van der Waals surface area contributed by atoms with Crippen LogP contribution >= 0.6 is 11.3 Å². The van der Waals surface area contributed by atoms with Gasteiger partial charge in [0.15, 0.2) is 17.5 Å². The number of allylic oxidation sites excluding steroid dienone is 5. The molecule has 8 rings (SSSR count). The van der Waals surface area contributed by atoms with Gasteiger partial charge in [-0.25, -0.2) is 15.0 Å². The molecule has 7 aromatic rings. The van der Waals surface area contributed by atoms with Gasteiger partial charge in [0.1, 0.15) is 0 Å². The summed E-state index contributed by atoms with van der Waals surface area (Å²) in [5.74, 6) is 2.00. The molecule has 0 unspecified atom stereocenters. The van der Waals surface area contributed by atoms with E-state index in [1.54, 1.807) is 0 Å². The molecule has 1 aliphatic rings. The highest BCUT2D eigenvalue weighted by molar-refractivity contribution is 7.26. The Labute approximate surface area is 279 Å². The molecular formula is C43H33N3S. The van der Waals surface area contributed by atoms with Crippen LogP contribution in [0.5, 0.6) is 0 Å². The SMILES string of the molecule is C=CC1=C(/C=C\C)c2ccc(-c3nc(-c4ccccc4)nc(-c4cccc5c4sc4c(-c6ccccc6)cccc45)n3)cc2C1(C)C. The highest BCUT2D eigenvalue weighted by Gasteiger charge is 2.35. The van der Waals surface area contributed by atoms with Gasteiger partial charge in [-0.1, -0.05) is 142 Å². The largest absolute Gasteiger partial charge is 0.208 e. The van der Waals surface area contributed by atoms with Crippen molar-refractivity contribution in [2.45, 2.75) is 26.2 Å². The van der Waals surface area contributed by atoms with Gasteiger partial charge < -0.3 is 0 Å². The molecule has 0 amide bonds. The second-order valence-corrected chi connectivity index (χ2v) is 13.4. The fraction of sp³-hybridized carbons (Fsp3) is 0.0930. The summed E-state index contributed by atoms with van der Waals surface area (Å²) in [4.78, 5) is 15.4. The van der Waals surface area contributed by atoms with Crippen molar-refractivity contribution in [1.82, 2.24) is 15.0 Å². The van der Waals surface area contributed by atoms with Crippen molar-refractivity contribution in [3.8, 4) is 45.3 Å². The Morgan fingerprint density at radius 3 is 1.85 bits per heavy atom. The van der Waals surface area contributed by atoms with E-state index in [9.17, 15) is 0 Å². The van der Waals surface area contributed by atoms with Gasteiger partial charge >= 0.3 is 0 Å². The van der Waals surface area contributed by atoms with Crippen molar-refractivity contribution >= 4 is 37.1 Å². The van der Waals surface area contributed by atoms with Crippen LogP contribution in [0.3, 0.4) is 0 Å². The molecule has 0 saturated carbocycles. The van der Waals surface area contributed by atoms with Gasteiger partial charge in [-0.3, -0.25) is 0 Å². The minimum atomic E-state index is -0.195. The van der Waals surface area contributed by atoms with Gasteiger partial charge in [-0.2, -0.15) is 0 Å². The molecule has 3 nitrogen and oxygen atoms in total. The first kappa shape index (κ1) is 29.0. The maximum absolute atomic E-state index is 5.20. The predicted molar refractivity (Wildman–Crippen MR) is 199 cm³/mol. The van der Waals surface area contributed by atoms with E-state index >= 15 is 0 Å². The van der Waals surface area contributed by atoms with Crippen LogP contribution < -0.4 is 0 Å². The van der Waals surface area contributed by atoms with Gasteiger partial charge in [-0.15, -0.1) is 11.3 Å². The summed E-state index contributed by atoms with van der Waals surface area (Å²) in [6.45, 7) is 10.8. The first-order valence-corrected chi connectivity index (χ1v) is 16.8. The van der Waals surface area contributed by atoms with E-state index in [2.05, 4.69) is 137 Å². The third-order valence-electron chi connectivity index (χ3n) is 9.26. The van der Waals surface area contributed by atoms with Gasteiger partial charge in [0.05, 0.1) is 0 Å². The molecule has 4 heteroatoms. The number of nitrogens with zero attached hydrogens (tertiary/aromatic N) is 3. The Bertz CT molecular complexity index is 2400. The van der Waals surface area contributed by atoms with E-state index < -0.39 is 0 Å². The average molecular weight is 624 g/mol. The summed E-state index contributed by atoms with van der Waals surface area (Å²) >= 11 is 1.81. The molecule has 5 aromatic carbocycles. The summed E-state index contributed by atoms with van der Waals surface area (Å²) in [5, 5.41) is 2.45. The van der Waals surface area contributed by atoms with Crippen molar-refractivity contribution < 1.29 is 0 Å². The zero-order chi connectivity index (χ0) is 32.1. The third-order valence-corrected chi connectivity index (χ3v) is 10.5. The van der Waals surface area contributed by atoms with Crippen LogP contribution in [0.25, 0.3) is 71.0 Å². The molecule has 226 valence electrons. The Morgan fingerprint density at radius 1 is 0.596 bits per heavy atom. The monoisotopic (exact) mass is 623 g/mol. The van der Waals surface area contributed by atoms with E-state index in [-0.39, 0.29) is 5.41 Å². The van der Waals surface area contributed by atoms with Crippen molar-refractivity contribution in [1.29, 1.82) is 0 Å². The molecule has 2 heterocycles. The number of rotatable bonds is 6. The Kier molecular flexibility index (Phi) is 7.04. The Balaban J connectivity index is 1.34. The van der Waals surface area contributed by atoms with Crippen LogP contribution in [-0.2, 0) is 5.41 Å². The van der Waals surface area contributed by atoms with Gasteiger partial charge in [0.25, 0.3) is 0 Å². The van der Waals surface area contributed by atoms with Crippen LogP contribution in [0.2, 0.25) is 0 Å². The Morgan fingerprint density at radius 2 is 1.19 bits per heavy atom. The summed E-state index contributed by atoms with van der Waals surface area (Å²) in [6.07, 6.45) is 6.28. The lowest BCUT2D eigenvalue weighted by Gasteiger charge is -2.23. The highest BCUT2D eigenvalue weighted by atomic mass is 32.1. The van der Waals surface area contributed by atoms with E-state index in [0.717, 1.165) is 16.7 Å². The zero-order valence-corrected chi connectivity index (χ0v) is 27.5. The number of benzene rings is 5. The molecule has 0 aliphatic heterocycles. The Hall–Kier alpha value is -5.45. The smallest absolute Gasteiger partial charge is 0.165 e. The molecule has 0 spiro atoms.